The summed E-state index contributed by atoms with van der Waals surface area (Å²) in [5.74, 6) is 0.560. The lowest BCUT2D eigenvalue weighted by atomic mass is 9.93. The highest BCUT2D eigenvalue weighted by atomic mass is 14.8. The largest absolute Gasteiger partial charge is 0.361 e. The van der Waals surface area contributed by atoms with E-state index in [0.29, 0.717) is 0 Å². The number of fused-ring (bicyclic) bond motifs is 8. The van der Waals surface area contributed by atoms with Gasteiger partial charge in [0.25, 0.3) is 0 Å². The molecular formula is C48H44N4. The van der Waals surface area contributed by atoms with Crippen LogP contribution in [0.5, 0.6) is 0 Å². The fourth-order valence-electron chi connectivity index (χ4n) is 8.29. The van der Waals surface area contributed by atoms with Crippen molar-refractivity contribution in [3.05, 3.63) is 238 Å². The van der Waals surface area contributed by atoms with Gasteiger partial charge in [0.15, 0.2) is 0 Å². The third-order valence-electron chi connectivity index (χ3n) is 11.1. The van der Waals surface area contributed by atoms with Crippen LogP contribution in [0.4, 0.5) is 0 Å². The van der Waals surface area contributed by atoms with E-state index in [4.69, 9.17) is 0 Å². The molecule has 52 heavy (non-hydrogen) atoms. The van der Waals surface area contributed by atoms with E-state index in [9.17, 15) is 0 Å². The average molecular weight is 677 g/mol. The first-order valence-electron chi connectivity index (χ1n) is 18.6. The highest BCUT2D eigenvalue weighted by Crippen LogP contribution is 2.38. The molecule has 4 heteroatoms. The molecule has 4 aromatic heterocycles. The number of nitrogens with one attached hydrogen (secondary N) is 4. The third kappa shape index (κ3) is 6.72. The first-order valence-corrected chi connectivity index (χ1v) is 18.6. The number of aromatic amines is 4. The van der Waals surface area contributed by atoms with Gasteiger partial charge in [-0.1, -0.05) is 121 Å². The minimum absolute atomic E-state index is 0.140. The second-order valence-corrected chi connectivity index (χ2v) is 14.4. The summed E-state index contributed by atoms with van der Waals surface area (Å²) in [6, 6.07) is 62.1. The van der Waals surface area contributed by atoms with E-state index in [1.165, 1.54) is 67.8 Å². The van der Waals surface area contributed by atoms with Crippen molar-refractivity contribution >= 4 is 0 Å². The Hall–Kier alpha value is -6.00. The number of hydrogen-bond acceptors (Lipinski definition) is 0. The van der Waals surface area contributed by atoms with Crippen LogP contribution in [0.2, 0.25) is 0 Å². The lowest BCUT2D eigenvalue weighted by Gasteiger charge is -2.20. The topological polar surface area (TPSA) is 63.2 Å². The number of H-pyrrole nitrogens is 4. The first-order chi connectivity index (χ1) is 25.7. The maximum Gasteiger partial charge on any atom is 0.0432 e. The van der Waals surface area contributed by atoms with Crippen LogP contribution in [0.1, 0.15) is 91.5 Å². The van der Waals surface area contributed by atoms with Crippen molar-refractivity contribution < 1.29 is 0 Å². The maximum absolute atomic E-state index is 3.99. The van der Waals surface area contributed by atoms with Gasteiger partial charge in [0.05, 0.1) is 0 Å². The van der Waals surface area contributed by atoms with Gasteiger partial charge in [0, 0.05) is 69.2 Å². The maximum atomic E-state index is 3.99. The molecule has 0 saturated heterocycles. The summed E-state index contributed by atoms with van der Waals surface area (Å²) in [4.78, 5) is 16.0. The summed E-state index contributed by atoms with van der Waals surface area (Å²) in [6.07, 6.45) is 3.59. The predicted octanol–water partition coefficient (Wildman–Crippen LogP) is 10.8. The fourth-order valence-corrected chi connectivity index (χ4v) is 8.29. The first kappa shape index (κ1) is 31.9. The molecule has 4 aromatic carbocycles. The van der Waals surface area contributed by atoms with E-state index in [0.717, 1.165) is 25.7 Å². The quantitative estimate of drug-likeness (QED) is 0.124. The van der Waals surface area contributed by atoms with E-state index < -0.39 is 0 Å². The van der Waals surface area contributed by atoms with Crippen molar-refractivity contribution in [3.8, 4) is 0 Å². The molecule has 8 bridgehead atoms. The lowest BCUT2D eigenvalue weighted by Crippen LogP contribution is -2.12. The molecule has 8 aromatic rings. The van der Waals surface area contributed by atoms with Crippen molar-refractivity contribution in [1.82, 2.24) is 19.9 Å². The normalized spacial score (nSPS) is 18.3. The van der Waals surface area contributed by atoms with E-state index in [1.807, 2.05) is 0 Å². The standard InChI is InChI=1S/C48H44N4/c1-5-13-33(14-6-1)29-37-41-21-23-43(49-41)38(30-34-15-7-2-8-16-34)45-25-27-47(51-45)40(32-36-19-11-4-12-20-36)48-28-26-46(52-48)39(44-24-22-42(37)50-44)31-35-17-9-3-10-18-35/h1-28,37-40,49-52H,29-32H2. The smallest absolute Gasteiger partial charge is 0.0432 e. The monoisotopic (exact) mass is 676 g/mol. The van der Waals surface area contributed by atoms with Crippen molar-refractivity contribution in [3.63, 3.8) is 0 Å². The average Bonchev–Trinajstić information content (AvgIpc) is 4.04. The number of rotatable bonds is 8. The van der Waals surface area contributed by atoms with Crippen molar-refractivity contribution in [1.29, 1.82) is 0 Å². The van der Waals surface area contributed by atoms with E-state index in [1.54, 1.807) is 0 Å². The van der Waals surface area contributed by atoms with Gasteiger partial charge in [-0.25, -0.2) is 0 Å². The van der Waals surface area contributed by atoms with Crippen molar-refractivity contribution in [2.75, 3.05) is 0 Å². The second-order valence-electron chi connectivity index (χ2n) is 14.4. The molecule has 9 rings (SSSR count). The van der Waals surface area contributed by atoms with Gasteiger partial charge < -0.3 is 19.9 Å². The molecule has 5 heterocycles. The van der Waals surface area contributed by atoms with Crippen molar-refractivity contribution in [2.45, 2.75) is 49.4 Å². The van der Waals surface area contributed by atoms with Crippen LogP contribution in [-0.2, 0) is 25.7 Å². The van der Waals surface area contributed by atoms with Gasteiger partial charge in [-0.05, 0) is 96.5 Å². The molecule has 0 spiro atoms. The van der Waals surface area contributed by atoms with E-state index in [-0.39, 0.29) is 23.7 Å². The lowest BCUT2D eigenvalue weighted by molar-refractivity contribution is 0.694. The zero-order chi connectivity index (χ0) is 34.7. The molecule has 4 nitrogen and oxygen atoms in total. The van der Waals surface area contributed by atoms with Gasteiger partial charge in [-0.3, -0.25) is 0 Å². The van der Waals surface area contributed by atoms with Gasteiger partial charge >= 0.3 is 0 Å². The minimum Gasteiger partial charge on any atom is -0.361 e. The highest BCUT2D eigenvalue weighted by molar-refractivity contribution is 5.41. The summed E-state index contributed by atoms with van der Waals surface area (Å²) >= 11 is 0. The molecule has 4 N–H and O–H groups in total. The van der Waals surface area contributed by atoms with Gasteiger partial charge in [0.1, 0.15) is 0 Å². The second kappa shape index (κ2) is 14.3. The molecule has 256 valence electrons. The van der Waals surface area contributed by atoms with Gasteiger partial charge in [-0.15, -0.1) is 0 Å². The zero-order valence-electron chi connectivity index (χ0n) is 29.3. The third-order valence-corrected chi connectivity index (χ3v) is 11.1. The Kier molecular flexibility index (Phi) is 8.80. The van der Waals surface area contributed by atoms with Crippen LogP contribution >= 0.6 is 0 Å². The minimum atomic E-state index is 0.140. The van der Waals surface area contributed by atoms with Crippen LogP contribution in [0.15, 0.2) is 170 Å². The fraction of sp³-hybridized carbons (Fsp3) is 0.167. The number of hydrogen-bond donors (Lipinski definition) is 4. The molecule has 0 radical (unpaired) electrons. The Labute approximate surface area is 306 Å². The molecular weight excluding hydrogens is 633 g/mol. The number of benzene rings is 4. The Morgan fingerprint density at radius 3 is 0.577 bits per heavy atom. The Morgan fingerprint density at radius 2 is 0.404 bits per heavy atom. The Morgan fingerprint density at radius 1 is 0.231 bits per heavy atom. The molecule has 0 amide bonds. The summed E-state index contributed by atoms with van der Waals surface area (Å²) in [6.45, 7) is 0. The van der Waals surface area contributed by atoms with E-state index >= 15 is 0 Å². The Balaban J connectivity index is 1.21. The summed E-state index contributed by atoms with van der Waals surface area (Å²) in [5, 5.41) is 0. The molecule has 0 aliphatic carbocycles. The summed E-state index contributed by atoms with van der Waals surface area (Å²) < 4.78 is 0. The summed E-state index contributed by atoms with van der Waals surface area (Å²) in [5.41, 5.74) is 15.1. The zero-order valence-corrected chi connectivity index (χ0v) is 29.3. The molecule has 0 unspecified atom stereocenters. The molecule has 1 aliphatic rings. The van der Waals surface area contributed by atoms with Gasteiger partial charge in [-0.2, -0.15) is 0 Å². The highest BCUT2D eigenvalue weighted by Gasteiger charge is 2.28. The number of aromatic nitrogens is 4. The van der Waals surface area contributed by atoms with Crippen LogP contribution in [0.25, 0.3) is 0 Å². The van der Waals surface area contributed by atoms with Crippen LogP contribution in [0, 0.1) is 0 Å². The van der Waals surface area contributed by atoms with Crippen molar-refractivity contribution in [2.24, 2.45) is 0 Å². The molecule has 0 saturated carbocycles. The Bertz CT molecular complexity index is 1920. The molecule has 1 aliphatic heterocycles. The van der Waals surface area contributed by atoms with Gasteiger partial charge in [0.2, 0.25) is 0 Å². The summed E-state index contributed by atoms with van der Waals surface area (Å²) in [7, 11) is 0. The van der Waals surface area contributed by atoms with Crippen LogP contribution in [-0.4, -0.2) is 19.9 Å². The van der Waals surface area contributed by atoms with Crippen LogP contribution in [0.3, 0.4) is 0 Å². The van der Waals surface area contributed by atoms with Crippen LogP contribution < -0.4 is 0 Å². The predicted molar refractivity (Wildman–Crippen MR) is 211 cm³/mol. The molecule has 0 atom stereocenters. The SMILES string of the molecule is c1ccc(CC2c3ccc([nH]3)C(Cc3ccccc3)c3ccc([nH]3)C(Cc3ccccc3)c3ccc([nH]3)C(Cc3ccccc3)c3ccc2[nH]3)cc1. The molecule has 0 fully saturated rings. The van der Waals surface area contributed by atoms with E-state index in [2.05, 4.69) is 190 Å².